The lowest BCUT2D eigenvalue weighted by Gasteiger charge is -2.11. The molecule has 198 valence electrons. The Balaban J connectivity index is 1.45. The highest BCUT2D eigenvalue weighted by Gasteiger charge is 2.19. The van der Waals surface area contributed by atoms with Gasteiger partial charge in [0, 0.05) is 24.8 Å². The van der Waals surface area contributed by atoms with E-state index in [0.717, 1.165) is 12.1 Å². The number of nitrogens with zero attached hydrogens (tertiary/aromatic N) is 4. The average Bonchev–Trinajstić information content (AvgIpc) is 2.83. The Hall–Kier alpha value is -3.70. The minimum Gasteiger partial charge on any atom is -0.378 e. The van der Waals surface area contributed by atoms with Crippen LogP contribution >= 0.6 is 0 Å². The summed E-state index contributed by atoms with van der Waals surface area (Å²) in [6, 6.07) is 5.02. The molecule has 36 heavy (non-hydrogen) atoms. The smallest absolute Gasteiger partial charge is 0.349 e. The molecule has 2 aromatic rings. The van der Waals surface area contributed by atoms with Gasteiger partial charge in [-0.2, -0.15) is 4.98 Å². The van der Waals surface area contributed by atoms with Crippen LogP contribution < -0.4 is 27.4 Å². The molecule has 0 spiro atoms. The average molecular weight is 511 g/mol. The molecule has 0 saturated heterocycles. The first-order chi connectivity index (χ1) is 17.3. The first-order valence-electron chi connectivity index (χ1n) is 11.0. The maximum atomic E-state index is 11.8. The number of hydrogen-bond donors (Lipinski definition) is 4. The highest BCUT2D eigenvalue weighted by Crippen LogP contribution is 2.28. The maximum Gasteiger partial charge on any atom is 0.349 e. The Kier molecular flexibility index (Phi) is 12.1. The summed E-state index contributed by atoms with van der Waals surface area (Å²) in [5, 5.41) is 21.8. The Morgan fingerprint density at radius 3 is 2.28 bits per heavy atom. The van der Waals surface area contributed by atoms with E-state index in [1.807, 2.05) is 13.8 Å². The molecule has 1 heterocycles. The number of rotatable bonds is 18. The van der Waals surface area contributed by atoms with E-state index in [-0.39, 0.29) is 36.4 Å². The zero-order valence-electron chi connectivity index (χ0n) is 20.0. The van der Waals surface area contributed by atoms with Gasteiger partial charge < -0.3 is 25.1 Å². The van der Waals surface area contributed by atoms with Gasteiger partial charge in [-0.05, 0) is 26.0 Å². The maximum absolute atomic E-state index is 11.8. The molecule has 0 aliphatic carbocycles. The Bertz CT molecular complexity index is 1050. The number of anilines is 2. The molecule has 0 amide bonds. The van der Waals surface area contributed by atoms with Gasteiger partial charge in [-0.15, -0.1) is 0 Å². The zero-order valence-corrected chi connectivity index (χ0v) is 20.0. The van der Waals surface area contributed by atoms with Gasteiger partial charge in [-0.3, -0.25) is 24.8 Å². The lowest BCUT2D eigenvalue weighted by atomic mass is 10.2. The summed E-state index contributed by atoms with van der Waals surface area (Å²) in [6.45, 7) is 6.07. The van der Waals surface area contributed by atoms with E-state index in [0.29, 0.717) is 38.8 Å². The number of nitro benzene ring substituents is 2. The van der Waals surface area contributed by atoms with E-state index in [1.54, 1.807) is 12.3 Å². The third kappa shape index (κ3) is 9.88. The van der Waals surface area contributed by atoms with Crippen LogP contribution in [0.1, 0.15) is 19.9 Å². The first kappa shape index (κ1) is 28.5. The van der Waals surface area contributed by atoms with E-state index < -0.39 is 15.5 Å². The SMILES string of the molecule is CC(C)n1ccc(NNCCOCCOCCOCNNc2ccc([N+](=O)[O-])cc2[N+](=O)[O-])nc1=O. The van der Waals surface area contributed by atoms with Crippen molar-refractivity contribution < 1.29 is 24.1 Å². The third-order valence-electron chi connectivity index (χ3n) is 4.50. The molecule has 0 bridgehead atoms. The normalized spacial score (nSPS) is 11.0. The minimum atomic E-state index is -0.717. The zero-order chi connectivity index (χ0) is 26.3. The van der Waals surface area contributed by atoms with Gasteiger partial charge in [0.1, 0.15) is 18.2 Å². The fourth-order valence-corrected chi connectivity index (χ4v) is 2.74. The summed E-state index contributed by atoms with van der Waals surface area (Å²) in [7, 11) is 0. The number of hydrazine groups is 2. The van der Waals surface area contributed by atoms with Crippen molar-refractivity contribution in [2.45, 2.75) is 19.9 Å². The van der Waals surface area contributed by atoms with Crippen LogP contribution in [-0.2, 0) is 14.2 Å². The molecule has 0 aliphatic heterocycles. The lowest BCUT2D eigenvalue weighted by molar-refractivity contribution is -0.393. The molecule has 0 saturated carbocycles. The second-order valence-corrected chi connectivity index (χ2v) is 7.44. The van der Waals surface area contributed by atoms with E-state index >= 15 is 0 Å². The van der Waals surface area contributed by atoms with Crippen molar-refractivity contribution in [1.82, 2.24) is 20.4 Å². The highest BCUT2D eigenvalue weighted by molar-refractivity contribution is 5.64. The van der Waals surface area contributed by atoms with Crippen molar-refractivity contribution in [3.63, 3.8) is 0 Å². The second kappa shape index (κ2) is 15.3. The second-order valence-electron chi connectivity index (χ2n) is 7.44. The standard InChI is InChI=1S/C20H30N8O8/c1-15(2)26-7-5-19(23-20(26)29)25-21-6-8-34-9-10-35-11-12-36-14-22-24-17-4-3-16(27(30)31)13-18(17)28(32)33/h3-5,7,13,15,21-22,24H,6,8-12,14H2,1-2H3,(H,23,25,29). The summed E-state index contributed by atoms with van der Waals surface area (Å²) >= 11 is 0. The van der Waals surface area contributed by atoms with Crippen LogP contribution in [0.15, 0.2) is 35.3 Å². The van der Waals surface area contributed by atoms with Crippen LogP contribution in [0.3, 0.4) is 0 Å². The number of hydrogen-bond acceptors (Lipinski definition) is 13. The molecule has 2 rings (SSSR count). The minimum absolute atomic E-state index is 0.0221. The van der Waals surface area contributed by atoms with Crippen molar-refractivity contribution in [3.05, 3.63) is 61.2 Å². The summed E-state index contributed by atoms with van der Waals surface area (Å²) in [6.07, 6.45) is 1.68. The van der Waals surface area contributed by atoms with E-state index in [4.69, 9.17) is 14.2 Å². The van der Waals surface area contributed by atoms with Crippen LogP contribution in [0.4, 0.5) is 22.9 Å². The molecule has 4 N–H and O–H groups in total. The Morgan fingerprint density at radius 1 is 0.944 bits per heavy atom. The molecule has 0 radical (unpaired) electrons. The van der Waals surface area contributed by atoms with Gasteiger partial charge >= 0.3 is 11.4 Å². The monoisotopic (exact) mass is 510 g/mol. The number of benzene rings is 1. The van der Waals surface area contributed by atoms with Crippen molar-refractivity contribution in [1.29, 1.82) is 0 Å². The summed E-state index contributed by atoms with van der Waals surface area (Å²) in [5.74, 6) is 0.427. The van der Waals surface area contributed by atoms with E-state index in [2.05, 4.69) is 26.7 Å². The van der Waals surface area contributed by atoms with Crippen molar-refractivity contribution in [2.24, 2.45) is 0 Å². The van der Waals surface area contributed by atoms with Crippen molar-refractivity contribution in [2.75, 3.05) is 57.2 Å². The van der Waals surface area contributed by atoms with Gasteiger partial charge in [0.05, 0.1) is 48.9 Å². The van der Waals surface area contributed by atoms with Gasteiger partial charge in [-0.25, -0.2) is 15.6 Å². The number of nitro groups is 2. The number of nitrogens with one attached hydrogen (secondary N) is 4. The van der Waals surface area contributed by atoms with Crippen LogP contribution in [0.25, 0.3) is 0 Å². The molecule has 0 unspecified atom stereocenters. The molecule has 0 fully saturated rings. The molecule has 16 heteroatoms. The number of aromatic nitrogens is 2. The molecule has 16 nitrogen and oxygen atoms in total. The fraction of sp³-hybridized carbons (Fsp3) is 0.500. The lowest BCUT2D eigenvalue weighted by Crippen LogP contribution is -2.30. The third-order valence-corrected chi connectivity index (χ3v) is 4.50. The van der Waals surface area contributed by atoms with Gasteiger partial charge in [-0.1, -0.05) is 0 Å². The molecular formula is C20H30N8O8. The molecule has 1 aromatic heterocycles. The van der Waals surface area contributed by atoms with Crippen LogP contribution in [-0.4, -0.2) is 65.7 Å². The highest BCUT2D eigenvalue weighted by atomic mass is 16.6. The molecular weight excluding hydrogens is 480 g/mol. The van der Waals surface area contributed by atoms with Gasteiger partial charge in [0.15, 0.2) is 0 Å². The Morgan fingerprint density at radius 2 is 1.64 bits per heavy atom. The van der Waals surface area contributed by atoms with Crippen LogP contribution in [0.2, 0.25) is 0 Å². The summed E-state index contributed by atoms with van der Waals surface area (Å²) < 4.78 is 17.6. The van der Waals surface area contributed by atoms with Crippen LogP contribution in [0, 0.1) is 20.2 Å². The van der Waals surface area contributed by atoms with Crippen LogP contribution in [0.5, 0.6) is 0 Å². The fourth-order valence-electron chi connectivity index (χ4n) is 2.74. The van der Waals surface area contributed by atoms with E-state index in [1.165, 1.54) is 10.6 Å². The summed E-state index contributed by atoms with van der Waals surface area (Å²) in [4.78, 5) is 36.1. The predicted octanol–water partition coefficient (Wildman–Crippen LogP) is 1.18. The molecule has 1 aromatic carbocycles. The van der Waals surface area contributed by atoms with Crippen molar-refractivity contribution >= 4 is 22.9 Å². The topological polar surface area (TPSA) is 197 Å². The predicted molar refractivity (Wildman–Crippen MR) is 129 cm³/mol. The number of ether oxygens (including phenoxy) is 3. The quantitative estimate of drug-likeness (QED) is 0.0966. The van der Waals surface area contributed by atoms with Gasteiger partial charge in [0.2, 0.25) is 0 Å². The van der Waals surface area contributed by atoms with Gasteiger partial charge in [0.25, 0.3) is 5.69 Å². The molecule has 0 aliphatic rings. The Labute approximate surface area is 206 Å². The van der Waals surface area contributed by atoms with E-state index in [9.17, 15) is 25.0 Å². The first-order valence-corrected chi connectivity index (χ1v) is 11.0. The number of non-ortho nitro benzene ring substituents is 1. The van der Waals surface area contributed by atoms with Crippen molar-refractivity contribution in [3.8, 4) is 0 Å². The molecule has 0 atom stereocenters. The largest absolute Gasteiger partial charge is 0.378 e. The summed E-state index contributed by atoms with van der Waals surface area (Å²) in [5.41, 5.74) is 9.91.